The molecule has 0 spiro atoms. The molecule has 2 heterocycles. The first kappa shape index (κ1) is 17.7. The third-order valence-electron chi connectivity index (χ3n) is 4.41. The predicted molar refractivity (Wildman–Crippen MR) is 96.3 cm³/mol. The van der Waals surface area contributed by atoms with Gasteiger partial charge in [-0.15, -0.1) is 0 Å². The van der Waals surface area contributed by atoms with Crippen molar-refractivity contribution in [1.82, 2.24) is 4.90 Å². The van der Waals surface area contributed by atoms with Gasteiger partial charge in [0.2, 0.25) is 17.7 Å². The van der Waals surface area contributed by atoms with Crippen molar-refractivity contribution >= 4 is 29.1 Å². The fourth-order valence-corrected chi connectivity index (χ4v) is 3.02. The van der Waals surface area contributed by atoms with Crippen LogP contribution in [0.15, 0.2) is 41.0 Å². The van der Waals surface area contributed by atoms with Crippen molar-refractivity contribution in [2.75, 3.05) is 17.2 Å². The maximum absolute atomic E-state index is 12.6. The second kappa shape index (κ2) is 7.43. The number of nitrogens with zero attached hydrogens (tertiary/aromatic N) is 1. The second-order valence-electron chi connectivity index (χ2n) is 6.40. The number of carbonyl (C=O) groups excluding carboxylic acids is 3. The molecule has 1 aromatic heterocycles. The highest BCUT2D eigenvalue weighted by Gasteiger charge is 2.34. The van der Waals surface area contributed by atoms with E-state index in [4.69, 9.17) is 4.42 Å². The Balaban J connectivity index is 1.65. The smallest absolute Gasteiger partial charge is 0.229 e. The standard InChI is InChI=1S/C19H21N3O4/c1-12-16(20-13(2)23)6-3-7-17(12)21-19(25)14-9-18(24)22(10-14)11-15-5-4-8-26-15/h3-8,14H,9-11H2,1-2H3,(H,20,23)(H,21,25). The largest absolute Gasteiger partial charge is 0.467 e. The molecule has 0 aliphatic carbocycles. The zero-order chi connectivity index (χ0) is 18.7. The van der Waals surface area contributed by atoms with Crippen LogP contribution in [0.1, 0.15) is 24.7 Å². The molecule has 136 valence electrons. The molecule has 3 rings (SSSR count). The van der Waals surface area contributed by atoms with Crippen molar-refractivity contribution in [3.63, 3.8) is 0 Å². The van der Waals surface area contributed by atoms with E-state index in [0.29, 0.717) is 30.2 Å². The number of anilines is 2. The van der Waals surface area contributed by atoms with Crippen molar-refractivity contribution in [2.45, 2.75) is 26.8 Å². The fourth-order valence-electron chi connectivity index (χ4n) is 3.02. The Morgan fingerprint density at radius 3 is 2.58 bits per heavy atom. The average molecular weight is 355 g/mol. The summed E-state index contributed by atoms with van der Waals surface area (Å²) in [4.78, 5) is 37.7. The van der Waals surface area contributed by atoms with E-state index in [1.165, 1.54) is 6.92 Å². The van der Waals surface area contributed by atoms with Crippen LogP contribution < -0.4 is 10.6 Å². The van der Waals surface area contributed by atoms with Gasteiger partial charge in [-0.3, -0.25) is 14.4 Å². The Kier molecular flexibility index (Phi) is 5.06. The van der Waals surface area contributed by atoms with Crippen LogP contribution in [0, 0.1) is 12.8 Å². The summed E-state index contributed by atoms with van der Waals surface area (Å²) in [6.45, 7) is 3.98. The average Bonchev–Trinajstić information content (AvgIpc) is 3.22. The minimum absolute atomic E-state index is 0.0646. The topological polar surface area (TPSA) is 91.7 Å². The van der Waals surface area contributed by atoms with Gasteiger partial charge in [0.1, 0.15) is 5.76 Å². The zero-order valence-corrected chi connectivity index (χ0v) is 14.7. The van der Waals surface area contributed by atoms with Gasteiger partial charge in [-0.1, -0.05) is 6.07 Å². The lowest BCUT2D eigenvalue weighted by Crippen LogP contribution is -2.28. The third-order valence-corrected chi connectivity index (χ3v) is 4.41. The maximum Gasteiger partial charge on any atom is 0.229 e. The molecule has 1 aliphatic rings. The van der Waals surface area contributed by atoms with E-state index in [0.717, 1.165) is 5.56 Å². The highest BCUT2D eigenvalue weighted by Crippen LogP contribution is 2.26. The number of likely N-dealkylation sites (tertiary alicyclic amines) is 1. The lowest BCUT2D eigenvalue weighted by atomic mass is 10.1. The van der Waals surface area contributed by atoms with Crippen molar-refractivity contribution in [3.8, 4) is 0 Å². The van der Waals surface area contributed by atoms with Gasteiger partial charge in [0.05, 0.1) is 18.7 Å². The number of benzene rings is 1. The number of hydrogen-bond acceptors (Lipinski definition) is 4. The molecule has 2 aromatic rings. The number of amides is 3. The van der Waals surface area contributed by atoms with Gasteiger partial charge in [0.25, 0.3) is 0 Å². The van der Waals surface area contributed by atoms with E-state index in [-0.39, 0.29) is 24.1 Å². The minimum Gasteiger partial charge on any atom is -0.467 e. The van der Waals surface area contributed by atoms with Crippen LogP contribution in [0.4, 0.5) is 11.4 Å². The van der Waals surface area contributed by atoms with Crippen molar-refractivity contribution in [1.29, 1.82) is 0 Å². The molecule has 1 aliphatic heterocycles. The highest BCUT2D eigenvalue weighted by atomic mass is 16.3. The summed E-state index contributed by atoms with van der Waals surface area (Å²) >= 11 is 0. The summed E-state index contributed by atoms with van der Waals surface area (Å²) in [6, 6.07) is 8.88. The van der Waals surface area contributed by atoms with Gasteiger partial charge in [-0.2, -0.15) is 0 Å². The van der Waals surface area contributed by atoms with E-state index < -0.39 is 5.92 Å². The zero-order valence-electron chi connectivity index (χ0n) is 14.7. The Hall–Kier alpha value is -3.09. The molecule has 1 aromatic carbocycles. The van der Waals surface area contributed by atoms with Gasteiger partial charge >= 0.3 is 0 Å². The summed E-state index contributed by atoms with van der Waals surface area (Å²) in [7, 11) is 0. The number of furan rings is 1. The molecule has 1 unspecified atom stereocenters. The predicted octanol–water partition coefficient (Wildman–Crippen LogP) is 2.53. The molecule has 0 radical (unpaired) electrons. The Morgan fingerprint density at radius 2 is 1.92 bits per heavy atom. The fraction of sp³-hybridized carbons (Fsp3) is 0.316. The molecular formula is C19H21N3O4. The molecule has 0 saturated carbocycles. The first-order valence-corrected chi connectivity index (χ1v) is 8.42. The minimum atomic E-state index is -0.415. The monoisotopic (exact) mass is 355 g/mol. The van der Waals surface area contributed by atoms with Crippen LogP contribution in [0.3, 0.4) is 0 Å². The Bertz CT molecular complexity index is 829. The van der Waals surface area contributed by atoms with E-state index in [1.807, 2.05) is 6.92 Å². The molecule has 0 bridgehead atoms. The SMILES string of the molecule is CC(=O)Nc1cccc(NC(=O)C2CC(=O)N(Cc3ccco3)C2)c1C. The molecule has 3 amide bonds. The summed E-state index contributed by atoms with van der Waals surface area (Å²) in [5.41, 5.74) is 2.04. The van der Waals surface area contributed by atoms with Crippen LogP contribution in [-0.4, -0.2) is 29.2 Å². The molecule has 1 fully saturated rings. The Labute approximate surface area is 151 Å². The molecule has 1 saturated heterocycles. The number of rotatable bonds is 5. The lowest BCUT2D eigenvalue weighted by Gasteiger charge is -2.16. The van der Waals surface area contributed by atoms with Crippen molar-refractivity contribution < 1.29 is 18.8 Å². The number of hydrogen-bond donors (Lipinski definition) is 2. The maximum atomic E-state index is 12.6. The summed E-state index contributed by atoms with van der Waals surface area (Å²) < 4.78 is 5.27. The molecule has 7 heteroatoms. The van der Waals surface area contributed by atoms with E-state index >= 15 is 0 Å². The van der Waals surface area contributed by atoms with Crippen LogP contribution in [-0.2, 0) is 20.9 Å². The van der Waals surface area contributed by atoms with Gasteiger partial charge in [0, 0.05) is 31.3 Å². The molecule has 1 atom stereocenters. The number of nitrogens with one attached hydrogen (secondary N) is 2. The summed E-state index contributed by atoms with van der Waals surface area (Å²) in [6.07, 6.45) is 1.74. The van der Waals surface area contributed by atoms with Crippen molar-refractivity contribution in [2.24, 2.45) is 5.92 Å². The van der Waals surface area contributed by atoms with Crippen LogP contribution in [0.5, 0.6) is 0 Å². The quantitative estimate of drug-likeness (QED) is 0.862. The lowest BCUT2D eigenvalue weighted by molar-refractivity contribution is -0.128. The molecule has 26 heavy (non-hydrogen) atoms. The normalized spacial score (nSPS) is 16.6. The summed E-state index contributed by atoms with van der Waals surface area (Å²) in [5.74, 6) is -0.167. The summed E-state index contributed by atoms with van der Waals surface area (Å²) in [5, 5.41) is 5.61. The van der Waals surface area contributed by atoms with Gasteiger partial charge in [-0.25, -0.2) is 0 Å². The molecule has 7 nitrogen and oxygen atoms in total. The van der Waals surface area contributed by atoms with Gasteiger partial charge in [0.15, 0.2) is 0 Å². The highest BCUT2D eigenvalue weighted by molar-refractivity contribution is 5.99. The molecule has 2 N–H and O–H groups in total. The van der Waals surface area contributed by atoms with Crippen LogP contribution in [0.2, 0.25) is 0 Å². The van der Waals surface area contributed by atoms with Crippen molar-refractivity contribution in [3.05, 3.63) is 47.9 Å². The van der Waals surface area contributed by atoms with Gasteiger partial charge in [-0.05, 0) is 36.8 Å². The number of carbonyl (C=O) groups is 3. The third kappa shape index (κ3) is 3.93. The van der Waals surface area contributed by atoms with Crippen LogP contribution >= 0.6 is 0 Å². The first-order chi connectivity index (χ1) is 12.4. The first-order valence-electron chi connectivity index (χ1n) is 8.42. The van der Waals surface area contributed by atoms with E-state index in [9.17, 15) is 14.4 Å². The van der Waals surface area contributed by atoms with E-state index in [1.54, 1.807) is 41.5 Å². The van der Waals surface area contributed by atoms with Crippen LogP contribution in [0.25, 0.3) is 0 Å². The molecular weight excluding hydrogens is 334 g/mol. The van der Waals surface area contributed by atoms with E-state index in [2.05, 4.69) is 10.6 Å². The Morgan fingerprint density at radius 1 is 1.19 bits per heavy atom. The van der Waals surface area contributed by atoms with Gasteiger partial charge < -0.3 is 20.0 Å². The second-order valence-corrected chi connectivity index (χ2v) is 6.40.